The summed E-state index contributed by atoms with van der Waals surface area (Å²) in [5.74, 6) is -0.592. The summed E-state index contributed by atoms with van der Waals surface area (Å²) in [4.78, 5) is 12.3. The minimum atomic E-state index is -0.655. The topological polar surface area (TPSA) is 44.8 Å². The number of esters is 1. The maximum Gasteiger partial charge on any atom is 0.312 e. The van der Waals surface area contributed by atoms with Gasteiger partial charge in [0, 0.05) is 11.9 Å². The first-order valence-corrected chi connectivity index (χ1v) is 7.30. The molecule has 3 rings (SSSR count). The van der Waals surface area contributed by atoms with Crippen LogP contribution in [0.4, 0.5) is 0 Å². The molecule has 110 valence electrons. The van der Waals surface area contributed by atoms with Crippen molar-refractivity contribution in [3.63, 3.8) is 0 Å². The molecule has 0 amide bonds. The van der Waals surface area contributed by atoms with Gasteiger partial charge in [0.05, 0.1) is 18.6 Å². The normalized spacial score (nSPS) is 35.6. The predicted octanol–water partition coefficient (Wildman–Crippen LogP) is 1.66. The van der Waals surface area contributed by atoms with Gasteiger partial charge in [-0.2, -0.15) is 0 Å². The number of hydrogen-bond donors (Lipinski definition) is 0. The Hall–Kier alpha value is -1.33. The Balaban J connectivity index is 1.65. The highest BCUT2D eigenvalue weighted by Gasteiger charge is 2.61. The van der Waals surface area contributed by atoms with Gasteiger partial charge in [0.1, 0.15) is 20.1 Å². The molecule has 0 N–H and O–H groups in total. The van der Waals surface area contributed by atoms with Crippen LogP contribution in [0.1, 0.15) is 19.4 Å². The minimum absolute atomic E-state index is 0.0896. The standard InChI is InChI=1S/C16H19BO4/c1-10-13-14(17)21-16(10,9-20-13)11(2)15(18)19-8-12-6-4-3-5-7-12/h3-7,10-11,13-14H,8-9H2,1-2H3/t10-,11?,13?,14-,16+/m1/s1. The summed E-state index contributed by atoms with van der Waals surface area (Å²) in [6.45, 7) is 4.51. The van der Waals surface area contributed by atoms with Gasteiger partial charge >= 0.3 is 5.97 Å². The average molecular weight is 286 g/mol. The molecule has 2 unspecified atom stereocenters. The average Bonchev–Trinajstić information content (AvgIpc) is 2.95. The van der Waals surface area contributed by atoms with Gasteiger partial charge in [-0.1, -0.05) is 37.3 Å². The zero-order valence-electron chi connectivity index (χ0n) is 12.3. The number of ether oxygens (including phenoxy) is 3. The van der Waals surface area contributed by atoms with Crippen LogP contribution in [0.15, 0.2) is 30.3 Å². The van der Waals surface area contributed by atoms with Crippen LogP contribution in [-0.2, 0) is 25.6 Å². The lowest BCUT2D eigenvalue weighted by molar-refractivity contribution is -0.174. The van der Waals surface area contributed by atoms with Gasteiger partial charge in [0.2, 0.25) is 0 Å². The van der Waals surface area contributed by atoms with Crippen LogP contribution in [0.25, 0.3) is 0 Å². The molecule has 4 nitrogen and oxygen atoms in total. The lowest BCUT2D eigenvalue weighted by Crippen LogP contribution is -2.47. The highest BCUT2D eigenvalue weighted by atomic mass is 16.6. The number of hydrogen-bond acceptors (Lipinski definition) is 4. The van der Waals surface area contributed by atoms with Gasteiger partial charge in [-0.15, -0.1) is 0 Å². The molecule has 0 aliphatic carbocycles. The van der Waals surface area contributed by atoms with E-state index in [1.165, 1.54) is 0 Å². The second kappa shape index (κ2) is 5.46. The molecule has 21 heavy (non-hydrogen) atoms. The van der Waals surface area contributed by atoms with Gasteiger partial charge in [-0.25, -0.2) is 0 Å². The minimum Gasteiger partial charge on any atom is -0.461 e. The van der Waals surface area contributed by atoms with E-state index in [0.29, 0.717) is 6.61 Å². The van der Waals surface area contributed by atoms with Crippen LogP contribution in [0.3, 0.4) is 0 Å². The SMILES string of the molecule is [B][C@@H]1O[C@@]2(C(C)C(=O)OCc3ccccc3)COC1[C@H]2C. The molecule has 5 atom stereocenters. The lowest BCUT2D eigenvalue weighted by atomic mass is 9.79. The summed E-state index contributed by atoms with van der Waals surface area (Å²) in [5.41, 5.74) is 0.311. The molecule has 2 radical (unpaired) electrons. The molecule has 0 spiro atoms. The summed E-state index contributed by atoms with van der Waals surface area (Å²) >= 11 is 0. The van der Waals surface area contributed by atoms with E-state index >= 15 is 0 Å². The summed E-state index contributed by atoms with van der Waals surface area (Å²) in [6.07, 6.45) is -0.130. The first-order chi connectivity index (χ1) is 10.0. The van der Waals surface area contributed by atoms with Crippen molar-refractivity contribution in [2.75, 3.05) is 6.61 Å². The summed E-state index contributed by atoms with van der Waals surface area (Å²) in [7, 11) is 5.90. The molecule has 2 heterocycles. The van der Waals surface area contributed by atoms with Crippen molar-refractivity contribution in [2.45, 2.75) is 38.2 Å². The lowest BCUT2D eigenvalue weighted by Gasteiger charge is -2.34. The molecule has 2 fully saturated rings. The number of benzene rings is 1. The maximum atomic E-state index is 12.3. The molecule has 1 aromatic rings. The van der Waals surface area contributed by atoms with Gasteiger partial charge in [-0.05, 0) is 12.5 Å². The second-order valence-corrected chi connectivity index (χ2v) is 5.92. The van der Waals surface area contributed by atoms with E-state index < -0.39 is 17.5 Å². The third kappa shape index (κ3) is 2.38. The molecule has 5 heteroatoms. The molecule has 2 saturated heterocycles. The van der Waals surface area contributed by atoms with E-state index in [1.807, 2.05) is 44.2 Å². The van der Waals surface area contributed by atoms with Crippen molar-refractivity contribution in [3.8, 4) is 0 Å². The first kappa shape index (κ1) is 14.6. The molecule has 0 saturated carbocycles. The number of rotatable bonds is 4. The molecule has 2 aliphatic heterocycles. The highest BCUT2D eigenvalue weighted by Crippen LogP contribution is 2.48. The fourth-order valence-corrected chi connectivity index (χ4v) is 3.30. The van der Waals surface area contributed by atoms with Crippen molar-refractivity contribution in [3.05, 3.63) is 35.9 Å². The van der Waals surface area contributed by atoms with E-state index in [4.69, 9.17) is 22.1 Å². The van der Waals surface area contributed by atoms with Crippen molar-refractivity contribution in [1.82, 2.24) is 0 Å². The molecular formula is C16H19BO4. The van der Waals surface area contributed by atoms with Gasteiger partial charge in [0.25, 0.3) is 0 Å². The zero-order chi connectivity index (χ0) is 15.0. The van der Waals surface area contributed by atoms with Crippen LogP contribution >= 0.6 is 0 Å². The Morgan fingerprint density at radius 1 is 1.48 bits per heavy atom. The smallest absolute Gasteiger partial charge is 0.312 e. The monoisotopic (exact) mass is 286 g/mol. The van der Waals surface area contributed by atoms with E-state index in [1.54, 1.807) is 0 Å². The summed E-state index contributed by atoms with van der Waals surface area (Å²) in [5, 5.41) is 0. The Morgan fingerprint density at radius 3 is 2.76 bits per heavy atom. The third-order valence-electron chi connectivity index (χ3n) is 4.75. The predicted molar refractivity (Wildman–Crippen MR) is 77.7 cm³/mol. The Bertz CT molecular complexity index is 520. The van der Waals surface area contributed by atoms with E-state index in [2.05, 4.69) is 0 Å². The Morgan fingerprint density at radius 2 is 2.19 bits per heavy atom. The number of fused-ring (bicyclic) bond motifs is 2. The van der Waals surface area contributed by atoms with E-state index in [-0.39, 0.29) is 24.6 Å². The Labute approximate surface area is 126 Å². The third-order valence-corrected chi connectivity index (χ3v) is 4.75. The largest absolute Gasteiger partial charge is 0.461 e. The molecule has 2 bridgehead atoms. The first-order valence-electron chi connectivity index (χ1n) is 7.30. The number of carbonyl (C=O) groups is 1. The second-order valence-electron chi connectivity index (χ2n) is 5.92. The van der Waals surface area contributed by atoms with Gasteiger partial charge in [0.15, 0.2) is 0 Å². The van der Waals surface area contributed by atoms with E-state index in [9.17, 15) is 4.79 Å². The van der Waals surface area contributed by atoms with Crippen molar-refractivity contribution < 1.29 is 19.0 Å². The Kier molecular flexibility index (Phi) is 3.80. The van der Waals surface area contributed by atoms with Crippen molar-refractivity contribution in [2.24, 2.45) is 11.8 Å². The van der Waals surface area contributed by atoms with Gasteiger partial charge < -0.3 is 14.2 Å². The molecular weight excluding hydrogens is 267 g/mol. The van der Waals surface area contributed by atoms with Crippen molar-refractivity contribution >= 4 is 13.8 Å². The fraction of sp³-hybridized carbons (Fsp3) is 0.562. The maximum absolute atomic E-state index is 12.3. The van der Waals surface area contributed by atoms with Crippen LogP contribution in [-0.4, -0.2) is 38.1 Å². The quantitative estimate of drug-likeness (QED) is 0.624. The van der Waals surface area contributed by atoms with Crippen LogP contribution < -0.4 is 0 Å². The summed E-state index contributed by atoms with van der Waals surface area (Å²) in [6, 6.07) is 9.16. The molecule has 2 aliphatic rings. The molecule has 1 aromatic carbocycles. The summed E-state index contributed by atoms with van der Waals surface area (Å²) < 4.78 is 16.9. The fourth-order valence-electron chi connectivity index (χ4n) is 3.30. The van der Waals surface area contributed by atoms with E-state index in [0.717, 1.165) is 5.56 Å². The zero-order valence-corrected chi connectivity index (χ0v) is 12.3. The van der Waals surface area contributed by atoms with Crippen molar-refractivity contribution in [1.29, 1.82) is 0 Å². The highest BCUT2D eigenvalue weighted by molar-refractivity contribution is 6.11. The van der Waals surface area contributed by atoms with Crippen LogP contribution in [0.2, 0.25) is 0 Å². The van der Waals surface area contributed by atoms with Crippen LogP contribution in [0, 0.1) is 11.8 Å². The van der Waals surface area contributed by atoms with Crippen LogP contribution in [0.5, 0.6) is 0 Å². The number of carbonyl (C=O) groups excluding carboxylic acids is 1. The molecule has 0 aromatic heterocycles. The van der Waals surface area contributed by atoms with Gasteiger partial charge in [-0.3, -0.25) is 4.79 Å².